The Morgan fingerprint density at radius 2 is 1.21 bits per heavy atom. The van der Waals surface area contributed by atoms with Gasteiger partial charge in [-0.05, 0) is 142 Å². The van der Waals surface area contributed by atoms with Crippen molar-refractivity contribution in [1.29, 1.82) is 0 Å². The molecular weight excluding hydrogens is 687 g/mol. The monoisotopic (exact) mass is 738 g/mol. The van der Waals surface area contributed by atoms with E-state index in [1.54, 1.807) is 0 Å². The van der Waals surface area contributed by atoms with Crippen molar-refractivity contribution in [2.45, 2.75) is 78.6 Å². The standard InChI is InChI=1S/C54H51BN2/c1-6-8-18-37-25-28-40(29-26-37)56-49-32-27-38(19-9-7-2)33-48(49)55-52-46(34-39(35-50(52)56)42-22-14-13-17-36(42)3)45-31-30-44-43-23-15-16-24-47(43)54(4,5)51(44)53(45)57(55)41-20-11-10-12-21-41/h10-17,20-35H,6-9,18-19H2,1-5H3. The minimum absolute atomic E-state index is 0.0292. The molecule has 3 aliphatic rings. The molecule has 0 atom stereocenters. The van der Waals surface area contributed by atoms with E-state index in [1.165, 1.54) is 126 Å². The van der Waals surface area contributed by atoms with Gasteiger partial charge in [0.05, 0.1) is 0 Å². The van der Waals surface area contributed by atoms with Crippen LogP contribution in [0.25, 0.3) is 33.4 Å². The Morgan fingerprint density at radius 3 is 1.96 bits per heavy atom. The summed E-state index contributed by atoms with van der Waals surface area (Å²) in [6.07, 6.45) is 6.96. The second kappa shape index (κ2) is 14.0. The van der Waals surface area contributed by atoms with Crippen molar-refractivity contribution in [2.24, 2.45) is 0 Å². The van der Waals surface area contributed by atoms with Gasteiger partial charge in [0.25, 0.3) is 0 Å². The number of rotatable bonds is 9. The van der Waals surface area contributed by atoms with Gasteiger partial charge in [-0.25, -0.2) is 0 Å². The molecule has 2 aliphatic heterocycles. The third kappa shape index (κ3) is 5.61. The van der Waals surface area contributed by atoms with Crippen LogP contribution in [-0.2, 0) is 18.3 Å². The van der Waals surface area contributed by atoms with Crippen LogP contribution in [0.1, 0.15) is 81.2 Å². The van der Waals surface area contributed by atoms with Crippen LogP contribution in [0, 0.1) is 6.92 Å². The minimum Gasteiger partial charge on any atom is -0.376 e. The lowest BCUT2D eigenvalue weighted by Crippen LogP contribution is -2.62. The SMILES string of the molecule is CCCCc1ccc(N2c3ccc(CCCC)cc3B3c4c(cc(-c5ccccc5C)cc42)-c2ccc4c(c2N3c2ccccc2)C(C)(C)c2ccccc2-4)cc1. The molecule has 0 N–H and O–H groups in total. The van der Waals surface area contributed by atoms with Crippen molar-refractivity contribution in [1.82, 2.24) is 0 Å². The molecule has 2 nitrogen and oxygen atoms in total. The van der Waals surface area contributed by atoms with Gasteiger partial charge in [0.1, 0.15) is 0 Å². The summed E-state index contributed by atoms with van der Waals surface area (Å²) in [7, 11) is 0. The quantitative estimate of drug-likeness (QED) is 0.136. The van der Waals surface area contributed by atoms with Crippen molar-refractivity contribution in [2.75, 3.05) is 9.71 Å². The number of anilines is 5. The minimum atomic E-state index is -0.190. The number of benzene rings is 7. The van der Waals surface area contributed by atoms with E-state index in [0.29, 0.717) is 0 Å². The van der Waals surface area contributed by atoms with E-state index in [0.717, 1.165) is 12.8 Å². The average molecular weight is 739 g/mol. The van der Waals surface area contributed by atoms with Crippen molar-refractivity contribution in [3.8, 4) is 33.4 Å². The molecule has 0 aromatic heterocycles. The Balaban J connectivity index is 1.33. The first-order valence-corrected chi connectivity index (χ1v) is 21.3. The maximum Gasteiger partial charge on any atom is 0.333 e. The van der Waals surface area contributed by atoms with E-state index in [4.69, 9.17) is 0 Å². The maximum absolute atomic E-state index is 2.73. The van der Waals surface area contributed by atoms with Crippen LogP contribution in [0.15, 0.2) is 146 Å². The van der Waals surface area contributed by atoms with Crippen LogP contribution in [0.3, 0.4) is 0 Å². The van der Waals surface area contributed by atoms with Gasteiger partial charge in [0.2, 0.25) is 0 Å². The molecule has 3 heteroatoms. The molecule has 0 saturated carbocycles. The smallest absolute Gasteiger partial charge is 0.333 e. The van der Waals surface area contributed by atoms with Gasteiger partial charge >= 0.3 is 6.85 Å². The Kier molecular flexibility index (Phi) is 8.74. The molecule has 280 valence electrons. The van der Waals surface area contributed by atoms with Crippen LogP contribution in [0.5, 0.6) is 0 Å². The van der Waals surface area contributed by atoms with Crippen molar-refractivity contribution < 1.29 is 0 Å². The molecule has 10 rings (SSSR count). The first kappa shape index (κ1) is 35.6. The predicted octanol–water partition coefficient (Wildman–Crippen LogP) is 13.4. The van der Waals surface area contributed by atoms with Gasteiger partial charge in [0.15, 0.2) is 0 Å². The third-order valence-corrected chi connectivity index (χ3v) is 13.1. The maximum atomic E-state index is 2.73. The number of para-hydroxylation sites is 1. The highest BCUT2D eigenvalue weighted by atomic mass is 15.2. The summed E-state index contributed by atoms with van der Waals surface area (Å²) in [4.78, 5) is 5.32. The van der Waals surface area contributed by atoms with Crippen LogP contribution >= 0.6 is 0 Å². The van der Waals surface area contributed by atoms with E-state index < -0.39 is 0 Å². The molecule has 0 bridgehead atoms. The number of fused-ring (bicyclic) bond motifs is 8. The fourth-order valence-electron chi connectivity index (χ4n) is 10.3. The zero-order valence-electron chi connectivity index (χ0n) is 34.1. The zero-order chi connectivity index (χ0) is 38.8. The normalized spacial score (nSPS) is 14.2. The van der Waals surface area contributed by atoms with Gasteiger partial charge in [-0.1, -0.05) is 144 Å². The Morgan fingerprint density at radius 1 is 0.544 bits per heavy atom. The molecule has 0 radical (unpaired) electrons. The van der Waals surface area contributed by atoms with E-state index in [2.05, 4.69) is 190 Å². The van der Waals surface area contributed by atoms with Crippen LogP contribution in [-0.4, -0.2) is 6.85 Å². The lowest BCUT2D eigenvalue weighted by atomic mass is 9.43. The highest BCUT2D eigenvalue weighted by molar-refractivity contribution is 6.93. The molecule has 0 saturated heterocycles. The number of unbranched alkanes of at least 4 members (excludes halogenated alkanes) is 2. The first-order valence-electron chi connectivity index (χ1n) is 21.3. The van der Waals surface area contributed by atoms with Crippen molar-refractivity contribution >= 4 is 46.2 Å². The second-order valence-corrected chi connectivity index (χ2v) is 17.0. The van der Waals surface area contributed by atoms with E-state index in [-0.39, 0.29) is 12.3 Å². The first-order chi connectivity index (χ1) is 27.9. The van der Waals surface area contributed by atoms with Gasteiger partial charge in [-0.2, -0.15) is 0 Å². The average Bonchev–Trinajstić information content (AvgIpc) is 3.48. The summed E-state index contributed by atoms with van der Waals surface area (Å²) in [6, 6.07) is 55.9. The topological polar surface area (TPSA) is 6.48 Å². The molecule has 0 unspecified atom stereocenters. The van der Waals surface area contributed by atoms with Gasteiger partial charge in [0, 0.05) is 39.4 Å². The van der Waals surface area contributed by atoms with Crippen LogP contribution in [0.4, 0.5) is 28.4 Å². The zero-order valence-corrected chi connectivity index (χ0v) is 34.1. The Labute approximate surface area is 340 Å². The fourth-order valence-corrected chi connectivity index (χ4v) is 10.3. The van der Waals surface area contributed by atoms with Crippen LogP contribution < -0.4 is 20.6 Å². The highest BCUT2D eigenvalue weighted by Gasteiger charge is 2.49. The Bertz CT molecular complexity index is 2660. The molecule has 7 aromatic rings. The number of hydrogen-bond acceptors (Lipinski definition) is 2. The number of aryl methyl sites for hydroxylation is 3. The molecular formula is C54H51BN2. The summed E-state index contributed by atoms with van der Waals surface area (Å²) in [5.41, 5.74) is 23.7. The molecule has 0 spiro atoms. The molecule has 1 aliphatic carbocycles. The summed E-state index contributed by atoms with van der Waals surface area (Å²) in [6.45, 7) is 11.7. The molecule has 2 heterocycles. The predicted molar refractivity (Wildman–Crippen MR) is 245 cm³/mol. The van der Waals surface area contributed by atoms with Gasteiger partial charge < -0.3 is 9.71 Å². The molecule has 0 amide bonds. The lowest BCUT2D eigenvalue weighted by Gasteiger charge is -2.47. The third-order valence-electron chi connectivity index (χ3n) is 13.1. The van der Waals surface area contributed by atoms with Crippen molar-refractivity contribution in [3.63, 3.8) is 0 Å². The van der Waals surface area contributed by atoms with Crippen LogP contribution in [0.2, 0.25) is 0 Å². The summed E-state index contributed by atoms with van der Waals surface area (Å²) in [5, 5.41) is 0. The van der Waals surface area contributed by atoms with Crippen molar-refractivity contribution in [3.05, 3.63) is 173 Å². The summed E-state index contributed by atoms with van der Waals surface area (Å²) in [5.74, 6) is 0. The molecule has 7 aromatic carbocycles. The lowest BCUT2D eigenvalue weighted by molar-refractivity contribution is 0.661. The number of nitrogens with zero attached hydrogens (tertiary/aromatic N) is 2. The van der Waals surface area contributed by atoms with Gasteiger partial charge in [-0.15, -0.1) is 0 Å². The molecule has 57 heavy (non-hydrogen) atoms. The van der Waals surface area contributed by atoms with E-state index >= 15 is 0 Å². The summed E-state index contributed by atoms with van der Waals surface area (Å²) >= 11 is 0. The highest BCUT2D eigenvalue weighted by Crippen LogP contribution is 2.58. The Hall–Kier alpha value is -5.80. The second-order valence-electron chi connectivity index (χ2n) is 17.0. The van der Waals surface area contributed by atoms with Gasteiger partial charge in [-0.3, -0.25) is 0 Å². The fraction of sp³-hybridized carbons (Fsp3) is 0.222. The molecule has 0 fully saturated rings. The van der Waals surface area contributed by atoms with E-state index in [1.807, 2.05) is 0 Å². The van der Waals surface area contributed by atoms with E-state index in [9.17, 15) is 0 Å². The number of hydrogen-bond donors (Lipinski definition) is 0. The summed E-state index contributed by atoms with van der Waals surface area (Å²) < 4.78 is 0. The largest absolute Gasteiger partial charge is 0.376 e.